The third-order valence-corrected chi connectivity index (χ3v) is 9.19. The largest absolute Gasteiger partial charge is 0.379 e. The molecule has 270 valence electrons. The summed E-state index contributed by atoms with van der Waals surface area (Å²) < 4.78 is 29.7. The van der Waals surface area contributed by atoms with Crippen LogP contribution in [0.15, 0.2) is 0 Å². The van der Waals surface area contributed by atoms with Gasteiger partial charge < -0.3 is 28.6 Å². The molecule has 0 spiro atoms. The van der Waals surface area contributed by atoms with Gasteiger partial charge in [-0.3, -0.25) is 0 Å². The molecule has 45 heavy (non-hydrogen) atoms. The number of hydrogen-bond acceptors (Lipinski definition) is 6. The minimum absolute atomic E-state index is 0.0195. The number of rotatable bonds is 36. The summed E-state index contributed by atoms with van der Waals surface area (Å²) in [5.74, 6) is 0. The molecule has 1 heterocycles. The molecule has 0 saturated carbocycles. The van der Waals surface area contributed by atoms with Crippen LogP contribution in [0, 0.1) is 0 Å². The number of nitrogens with zero attached hydrogens (tertiary/aromatic N) is 1. The van der Waals surface area contributed by atoms with Gasteiger partial charge in [-0.25, -0.2) is 0 Å². The minimum Gasteiger partial charge on any atom is -0.379 e. The molecule has 1 fully saturated rings. The Morgan fingerprint density at radius 1 is 0.556 bits per heavy atom. The number of ether oxygens (including phenoxy) is 5. The van der Waals surface area contributed by atoms with Crippen molar-refractivity contribution in [3.05, 3.63) is 0 Å². The first-order chi connectivity index (χ1) is 22.3. The van der Waals surface area contributed by atoms with Gasteiger partial charge in [0.2, 0.25) is 0 Å². The predicted molar refractivity (Wildman–Crippen MR) is 191 cm³/mol. The summed E-state index contributed by atoms with van der Waals surface area (Å²) in [4.78, 5) is 2.32. The van der Waals surface area contributed by atoms with Crippen LogP contribution in [0.2, 0.25) is 0 Å². The van der Waals surface area contributed by atoms with Crippen LogP contribution in [0.3, 0.4) is 0 Å². The zero-order valence-corrected chi connectivity index (χ0v) is 30.7. The standard InChI is InChI=1S/C39H79NO5/c1-4-6-8-10-12-14-16-18-20-22-24-26-30-41-35-39(36-43-37-42-32-28-38-34-40(3)29-33-45-38)44-31-27-25-23-21-19-17-15-13-11-9-7-5-2/h38-39H,4-37H2,1-3H3. The predicted octanol–water partition coefficient (Wildman–Crippen LogP) is 10.5. The average molecular weight is 642 g/mol. The first kappa shape index (κ1) is 42.8. The molecule has 0 bridgehead atoms. The molecule has 0 radical (unpaired) electrons. The molecule has 0 aliphatic carbocycles. The van der Waals surface area contributed by atoms with Crippen molar-refractivity contribution in [1.29, 1.82) is 0 Å². The molecule has 6 heteroatoms. The molecule has 1 rings (SSSR count). The van der Waals surface area contributed by atoms with E-state index in [4.69, 9.17) is 23.7 Å². The Morgan fingerprint density at radius 2 is 1.02 bits per heavy atom. The topological polar surface area (TPSA) is 49.4 Å². The maximum Gasteiger partial charge on any atom is 0.146 e. The molecule has 1 saturated heterocycles. The van der Waals surface area contributed by atoms with Crippen LogP contribution in [-0.2, 0) is 23.7 Å². The van der Waals surface area contributed by atoms with Crippen molar-refractivity contribution < 1.29 is 23.7 Å². The summed E-state index contributed by atoms with van der Waals surface area (Å²) in [7, 11) is 2.15. The molecule has 0 aromatic rings. The second kappa shape index (κ2) is 35.1. The Balaban J connectivity index is 2.09. The summed E-state index contributed by atoms with van der Waals surface area (Å²) in [5.41, 5.74) is 0. The molecule has 6 nitrogen and oxygen atoms in total. The van der Waals surface area contributed by atoms with E-state index < -0.39 is 0 Å². The van der Waals surface area contributed by atoms with Crippen LogP contribution in [0.4, 0.5) is 0 Å². The zero-order valence-electron chi connectivity index (χ0n) is 30.7. The normalized spacial score (nSPS) is 16.5. The first-order valence-electron chi connectivity index (χ1n) is 19.9. The lowest BCUT2D eigenvalue weighted by molar-refractivity contribution is -0.115. The maximum atomic E-state index is 6.23. The quantitative estimate of drug-likeness (QED) is 0.0501. The summed E-state index contributed by atoms with van der Waals surface area (Å²) >= 11 is 0. The smallest absolute Gasteiger partial charge is 0.146 e. The number of unbranched alkanes of at least 4 members (excludes halogenated alkanes) is 22. The highest BCUT2D eigenvalue weighted by atomic mass is 16.7. The third-order valence-electron chi connectivity index (χ3n) is 9.19. The third kappa shape index (κ3) is 30.8. The van der Waals surface area contributed by atoms with Crippen LogP contribution in [0.1, 0.15) is 174 Å². The average Bonchev–Trinajstić information content (AvgIpc) is 3.04. The highest BCUT2D eigenvalue weighted by Gasteiger charge is 2.17. The summed E-state index contributed by atoms with van der Waals surface area (Å²) in [6, 6.07) is 0. The monoisotopic (exact) mass is 642 g/mol. The van der Waals surface area contributed by atoms with E-state index in [0.29, 0.717) is 26.6 Å². The lowest BCUT2D eigenvalue weighted by Gasteiger charge is -2.29. The van der Waals surface area contributed by atoms with Gasteiger partial charge in [-0.2, -0.15) is 0 Å². The van der Waals surface area contributed by atoms with Crippen molar-refractivity contribution in [1.82, 2.24) is 4.90 Å². The van der Waals surface area contributed by atoms with Gasteiger partial charge in [0.25, 0.3) is 0 Å². The van der Waals surface area contributed by atoms with Crippen LogP contribution in [0.5, 0.6) is 0 Å². The Bertz CT molecular complexity index is 566. The van der Waals surface area contributed by atoms with Gasteiger partial charge in [0.05, 0.1) is 32.5 Å². The van der Waals surface area contributed by atoms with Gasteiger partial charge in [0.1, 0.15) is 12.9 Å². The van der Waals surface area contributed by atoms with E-state index in [9.17, 15) is 0 Å². The minimum atomic E-state index is -0.0195. The second-order valence-corrected chi connectivity index (χ2v) is 13.8. The first-order valence-corrected chi connectivity index (χ1v) is 19.9. The Morgan fingerprint density at radius 3 is 1.53 bits per heavy atom. The van der Waals surface area contributed by atoms with E-state index in [1.165, 1.54) is 141 Å². The van der Waals surface area contributed by atoms with Crippen LogP contribution >= 0.6 is 0 Å². The van der Waals surface area contributed by atoms with Gasteiger partial charge >= 0.3 is 0 Å². The van der Waals surface area contributed by atoms with Crippen LogP contribution in [-0.4, -0.2) is 83.7 Å². The van der Waals surface area contributed by atoms with Gasteiger partial charge in [0.15, 0.2) is 0 Å². The van der Waals surface area contributed by atoms with Crippen molar-refractivity contribution in [3.8, 4) is 0 Å². The fourth-order valence-electron chi connectivity index (χ4n) is 6.15. The van der Waals surface area contributed by atoms with E-state index >= 15 is 0 Å². The molecule has 0 N–H and O–H groups in total. The molecular formula is C39H79NO5. The van der Waals surface area contributed by atoms with E-state index in [2.05, 4.69) is 25.8 Å². The number of morpholine rings is 1. The highest BCUT2D eigenvalue weighted by molar-refractivity contribution is 4.68. The molecule has 2 unspecified atom stereocenters. The highest BCUT2D eigenvalue weighted by Crippen LogP contribution is 2.14. The molecule has 0 aromatic carbocycles. The van der Waals surface area contributed by atoms with Gasteiger partial charge in [-0.15, -0.1) is 0 Å². The van der Waals surface area contributed by atoms with E-state index in [1.807, 2.05) is 0 Å². The Kier molecular flexibility index (Phi) is 33.3. The lowest BCUT2D eigenvalue weighted by atomic mass is 10.1. The van der Waals surface area contributed by atoms with Crippen molar-refractivity contribution in [3.63, 3.8) is 0 Å². The Hall–Kier alpha value is -0.240. The van der Waals surface area contributed by atoms with E-state index in [-0.39, 0.29) is 12.2 Å². The number of hydrogen-bond donors (Lipinski definition) is 0. The van der Waals surface area contributed by atoms with Gasteiger partial charge in [-0.05, 0) is 26.3 Å². The van der Waals surface area contributed by atoms with Crippen LogP contribution in [0.25, 0.3) is 0 Å². The van der Waals surface area contributed by atoms with Crippen molar-refractivity contribution in [2.24, 2.45) is 0 Å². The van der Waals surface area contributed by atoms with E-state index in [1.54, 1.807) is 0 Å². The van der Waals surface area contributed by atoms with Gasteiger partial charge in [0, 0.05) is 26.3 Å². The fourth-order valence-corrected chi connectivity index (χ4v) is 6.15. The van der Waals surface area contributed by atoms with Crippen LogP contribution < -0.4 is 0 Å². The number of likely N-dealkylation sites (N-methyl/N-ethyl adjacent to an activating group) is 1. The summed E-state index contributed by atoms with van der Waals surface area (Å²) in [6.07, 6.45) is 33.9. The van der Waals surface area contributed by atoms with Crippen molar-refractivity contribution >= 4 is 0 Å². The molecule has 2 atom stereocenters. The lowest BCUT2D eigenvalue weighted by Crippen LogP contribution is -2.40. The van der Waals surface area contributed by atoms with Crippen molar-refractivity contribution in [2.45, 2.75) is 187 Å². The molecule has 0 aromatic heterocycles. The molecule has 0 amide bonds. The SMILES string of the molecule is CCCCCCCCCCCCCCOCC(COCOCCC1CN(C)CCO1)OCCCCCCCCCCCCCC. The zero-order chi connectivity index (χ0) is 32.3. The van der Waals surface area contributed by atoms with Gasteiger partial charge in [-0.1, -0.05) is 155 Å². The second-order valence-electron chi connectivity index (χ2n) is 13.8. The maximum absolute atomic E-state index is 6.23. The molecular weight excluding hydrogens is 562 g/mol. The van der Waals surface area contributed by atoms with E-state index in [0.717, 1.165) is 52.2 Å². The van der Waals surface area contributed by atoms with Crippen molar-refractivity contribution in [2.75, 3.05) is 66.6 Å². The summed E-state index contributed by atoms with van der Waals surface area (Å²) in [6.45, 7) is 11.1. The fraction of sp³-hybridized carbons (Fsp3) is 1.00. The molecule has 1 aliphatic rings. The summed E-state index contributed by atoms with van der Waals surface area (Å²) in [5, 5.41) is 0. The molecule has 1 aliphatic heterocycles. The Labute approximate surface area is 281 Å².